The van der Waals surface area contributed by atoms with Crippen molar-refractivity contribution in [2.45, 2.75) is 242 Å². The number of fused-ring (bicyclic) bond motifs is 4. The van der Waals surface area contributed by atoms with Crippen LogP contribution in [-0.2, 0) is 46.6 Å². The first-order valence-corrected chi connectivity index (χ1v) is 29.7. The van der Waals surface area contributed by atoms with Gasteiger partial charge < -0.3 is 54.8 Å². The predicted molar refractivity (Wildman–Crippen MR) is 270 cm³/mol. The molecule has 2 fully saturated rings. The van der Waals surface area contributed by atoms with Gasteiger partial charge >= 0.3 is 27.6 Å². The molecule has 1 aliphatic heterocycles. The summed E-state index contributed by atoms with van der Waals surface area (Å²) in [5, 5.41) is 68.1. The summed E-state index contributed by atoms with van der Waals surface area (Å²) in [6.45, 7) is 2.56. The van der Waals surface area contributed by atoms with Crippen molar-refractivity contribution in [3.05, 3.63) is 36.5 Å². The summed E-state index contributed by atoms with van der Waals surface area (Å²) in [4.78, 5) is 70.7. The molecule has 2 bridgehead atoms. The van der Waals surface area contributed by atoms with Crippen molar-refractivity contribution in [1.29, 1.82) is 0 Å². The maximum atomic E-state index is 13.9. The molecule has 0 spiro atoms. The van der Waals surface area contributed by atoms with E-state index in [1.807, 2.05) is 6.92 Å². The molecule has 0 radical (unpaired) electrons. The Labute approximate surface area is 427 Å². The molecule has 2 rings (SSSR count). The molecule has 0 amide bonds. The summed E-state index contributed by atoms with van der Waals surface area (Å²) in [7, 11) is -11.5. The third kappa shape index (κ3) is 28.6. The van der Waals surface area contributed by atoms with Crippen molar-refractivity contribution in [3.63, 3.8) is 0 Å². The van der Waals surface area contributed by atoms with Crippen molar-refractivity contribution in [2.24, 2.45) is 11.8 Å². The molecular formula is C51H90O19P2. The molecule has 1 saturated heterocycles. The zero-order valence-electron chi connectivity index (χ0n) is 42.8. The summed E-state index contributed by atoms with van der Waals surface area (Å²) in [6.07, 6.45) is 10.8. The highest BCUT2D eigenvalue weighted by Gasteiger charge is 2.51. The number of phosphoric acid groups is 2. The van der Waals surface area contributed by atoms with Crippen LogP contribution >= 0.6 is 15.6 Å². The number of allylic oxidation sites excluding steroid dienone is 4. The third-order valence-corrected chi connectivity index (χ3v) is 14.6. The molecule has 2 aliphatic rings. The van der Waals surface area contributed by atoms with Gasteiger partial charge in [0.25, 0.3) is 0 Å². The fraction of sp³-hybridized carbons (Fsp3) is 0.824. The Morgan fingerprint density at radius 2 is 1.38 bits per heavy atom. The van der Waals surface area contributed by atoms with Gasteiger partial charge in [-0.1, -0.05) is 147 Å². The molecule has 418 valence electrons. The van der Waals surface area contributed by atoms with Gasteiger partial charge in [-0.25, -0.2) is 9.13 Å². The van der Waals surface area contributed by atoms with Crippen LogP contribution in [0, 0.1) is 11.8 Å². The number of phosphoric ester groups is 2. The molecule has 1 aliphatic carbocycles. The Morgan fingerprint density at radius 1 is 0.778 bits per heavy atom. The third-order valence-electron chi connectivity index (χ3n) is 13.1. The quantitative estimate of drug-likeness (QED) is 0.0157. The fourth-order valence-electron chi connectivity index (χ4n) is 8.86. The van der Waals surface area contributed by atoms with Crippen LogP contribution in [0.4, 0.5) is 0 Å². The molecule has 1 heterocycles. The lowest BCUT2D eigenvalue weighted by Crippen LogP contribution is -2.56. The average Bonchev–Trinajstić information content (AvgIpc) is 3.32. The van der Waals surface area contributed by atoms with Gasteiger partial charge in [-0.3, -0.25) is 28.0 Å². The molecule has 19 nitrogen and oxygen atoms in total. The van der Waals surface area contributed by atoms with E-state index in [2.05, 4.69) is 31.2 Å². The second-order valence-electron chi connectivity index (χ2n) is 19.4. The number of rotatable bonds is 28. The van der Waals surface area contributed by atoms with Gasteiger partial charge in [-0.05, 0) is 57.8 Å². The lowest BCUT2D eigenvalue weighted by atomic mass is 9.82. The number of hydrogen-bond donors (Lipinski definition) is 9. The lowest BCUT2D eigenvalue weighted by molar-refractivity contribution is -0.165. The van der Waals surface area contributed by atoms with Gasteiger partial charge in [0, 0.05) is 25.2 Å². The average molecular weight is 1070 g/mol. The minimum atomic E-state index is -5.79. The zero-order chi connectivity index (χ0) is 53.4. The molecule has 12 atom stereocenters. The van der Waals surface area contributed by atoms with Gasteiger partial charge in [0.1, 0.15) is 36.8 Å². The largest absolute Gasteiger partial charge is 0.472 e. The van der Waals surface area contributed by atoms with Crippen LogP contribution in [0.3, 0.4) is 0 Å². The van der Waals surface area contributed by atoms with Crippen molar-refractivity contribution >= 4 is 33.4 Å². The number of ether oxygens (including phenoxy) is 2. The van der Waals surface area contributed by atoms with E-state index in [0.29, 0.717) is 32.1 Å². The van der Waals surface area contributed by atoms with Crippen molar-refractivity contribution in [1.82, 2.24) is 0 Å². The standard InChI is InChI=1S/C51H90O19P2/c1-3-5-7-8-9-10-11-12-13-14-15-16-17-18-19-20-21-22-27-31-44(55)66-36-39-37-67-72(64,65)70-51-49(60)48(59)46(57)40(30-26-23-24-28-32-45(56)68-39)42(53)35-43(54)41(34-33-38(52)29-25-6-4-2)47(58)50(51)69-71(61,62)63/h9-10,12-13,33-34,38-42,46-53,57-60H,3-8,11,14-32,35-37H2,1-2H3,(H,64,65)(H2,61,62,63)/b10-9-,13-12-,34-33?/t38-,39+,40-,41-,42-,46+,47+,48-,49+,50+,51-/m0/s1. The number of Topliss-reactive ketones (excluding diaryl/α,β-unsaturated/α-hetero) is 1. The smallest absolute Gasteiger partial charge is 0.462 e. The van der Waals surface area contributed by atoms with Gasteiger partial charge in [0.2, 0.25) is 0 Å². The predicted octanol–water partition coefficient (Wildman–Crippen LogP) is 7.66. The number of aliphatic hydroxyl groups excluding tert-OH is 6. The maximum Gasteiger partial charge on any atom is 0.472 e. The Bertz CT molecular complexity index is 1690. The van der Waals surface area contributed by atoms with Crippen LogP contribution in [0.2, 0.25) is 0 Å². The molecule has 9 N–H and O–H groups in total. The Hall–Kier alpha value is -2.19. The maximum absolute atomic E-state index is 13.9. The topological polar surface area (TPSA) is 314 Å². The number of hydrogen-bond acceptors (Lipinski definition) is 16. The monoisotopic (exact) mass is 1070 g/mol. The molecule has 0 aromatic rings. The van der Waals surface area contributed by atoms with Crippen LogP contribution in [0.1, 0.15) is 187 Å². The zero-order valence-corrected chi connectivity index (χ0v) is 44.6. The first-order valence-electron chi connectivity index (χ1n) is 26.6. The molecular weight excluding hydrogens is 978 g/mol. The summed E-state index contributed by atoms with van der Waals surface area (Å²) in [5.41, 5.74) is 0. The SMILES string of the molecule is CCCCC/C=C\C/C=C\CCCCCCCCCCCC(=O)OC[C@@H]1COP(=O)(O)O[C@H]2[C@H](O)[C@@H](O)[C@H](O)[C@@H](CCCCCCC(=O)O1)[C@@H](O)CC(=O)[C@H](C=C[C@@H](O)CCCCC)[C@@H](O)[C@H]2OP(=O)(O)O. The van der Waals surface area contributed by atoms with Crippen LogP contribution in [-0.4, -0.2) is 131 Å². The number of esters is 2. The van der Waals surface area contributed by atoms with Crippen molar-refractivity contribution in [2.75, 3.05) is 13.2 Å². The summed E-state index contributed by atoms with van der Waals surface area (Å²) in [5.74, 6) is -5.61. The minimum Gasteiger partial charge on any atom is -0.462 e. The molecule has 1 saturated carbocycles. The van der Waals surface area contributed by atoms with E-state index in [9.17, 15) is 68.8 Å². The molecule has 0 aromatic heterocycles. The van der Waals surface area contributed by atoms with E-state index in [1.54, 1.807) is 0 Å². The highest BCUT2D eigenvalue weighted by atomic mass is 31.2. The van der Waals surface area contributed by atoms with Crippen molar-refractivity contribution < 1.29 is 91.9 Å². The van der Waals surface area contributed by atoms with Crippen LogP contribution in [0.15, 0.2) is 36.5 Å². The van der Waals surface area contributed by atoms with Crippen LogP contribution < -0.4 is 0 Å². The Balaban J connectivity index is 2.16. The number of carbonyl (C=O) groups excluding carboxylic acids is 3. The van der Waals surface area contributed by atoms with Gasteiger partial charge in [0.05, 0.1) is 36.9 Å². The Morgan fingerprint density at radius 3 is 2.01 bits per heavy atom. The lowest BCUT2D eigenvalue weighted by Gasteiger charge is -2.38. The molecule has 21 heteroatoms. The highest BCUT2D eigenvalue weighted by molar-refractivity contribution is 7.47. The van der Waals surface area contributed by atoms with E-state index >= 15 is 0 Å². The van der Waals surface area contributed by atoms with Crippen LogP contribution in [0.25, 0.3) is 0 Å². The number of carbonyl (C=O) groups is 3. The minimum absolute atomic E-state index is 0.0523. The molecule has 0 aromatic carbocycles. The van der Waals surface area contributed by atoms with E-state index in [1.165, 1.54) is 38.5 Å². The molecule has 72 heavy (non-hydrogen) atoms. The first kappa shape index (κ1) is 65.9. The second kappa shape index (κ2) is 37.5. The van der Waals surface area contributed by atoms with E-state index in [-0.39, 0.29) is 32.1 Å². The van der Waals surface area contributed by atoms with Crippen molar-refractivity contribution in [3.8, 4) is 0 Å². The number of unbranched alkanes of at least 4 members (excludes halogenated alkanes) is 14. The van der Waals surface area contributed by atoms with E-state index in [4.69, 9.17) is 23.0 Å². The number of cyclic esters (lactones) is 1. The second-order valence-corrected chi connectivity index (χ2v) is 22.0. The number of ketones is 1. The number of aliphatic hydroxyl groups is 6. The Kier molecular flexibility index (Phi) is 34.4. The van der Waals surface area contributed by atoms with E-state index < -0.39 is 120 Å². The highest BCUT2D eigenvalue weighted by Crippen LogP contribution is 2.49. The first-order chi connectivity index (χ1) is 34.3. The van der Waals surface area contributed by atoms with Gasteiger partial charge in [-0.2, -0.15) is 0 Å². The van der Waals surface area contributed by atoms with Gasteiger partial charge in [0.15, 0.2) is 6.10 Å². The molecule has 1 unspecified atom stereocenters. The summed E-state index contributed by atoms with van der Waals surface area (Å²) in [6, 6.07) is 0. The fourth-order valence-corrected chi connectivity index (χ4v) is 10.4. The van der Waals surface area contributed by atoms with Gasteiger partial charge in [-0.15, -0.1) is 0 Å². The van der Waals surface area contributed by atoms with Crippen LogP contribution in [0.5, 0.6) is 0 Å². The summed E-state index contributed by atoms with van der Waals surface area (Å²) >= 11 is 0. The summed E-state index contributed by atoms with van der Waals surface area (Å²) < 4.78 is 52.2. The normalized spacial score (nSPS) is 29.6. The van der Waals surface area contributed by atoms with E-state index in [0.717, 1.165) is 76.4 Å².